The second kappa shape index (κ2) is 8.04. The van der Waals surface area contributed by atoms with Gasteiger partial charge in [0.2, 0.25) is 0 Å². The van der Waals surface area contributed by atoms with Crippen molar-refractivity contribution < 1.29 is 14.3 Å². The number of ether oxygens (including phenoxy) is 1. The lowest BCUT2D eigenvalue weighted by Gasteiger charge is -2.26. The topological polar surface area (TPSA) is 85.2 Å². The Kier molecular flexibility index (Phi) is 5.72. The molecule has 0 saturated carbocycles. The van der Waals surface area contributed by atoms with Crippen molar-refractivity contribution >= 4 is 23.4 Å². The molecule has 28 heavy (non-hydrogen) atoms. The molecular weight excluding hydrogens is 356 g/mol. The van der Waals surface area contributed by atoms with Crippen LogP contribution in [0.2, 0.25) is 0 Å². The maximum atomic E-state index is 12.8. The van der Waals surface area contributed by atoms with Gasteiger partial charge in [0, 0.05) is 18.7 Å². The van der Waals surface area contributed by atoms with Crippen molar-refractivity contribution in [3.8, 4) is 0 Å². The lowest BCUT2D eigenvalue weighted by Crippen LogP contribution is -2.31. The van der Waals surface area contributed by atoms with E-state index in [1.165, 1.54) is 0 Å². The first-order valence-electron chi connectivity index (χ1n) is 9.71. The quantitative estimate of drug-likeness (QED) is 0.764. The van der Waals surface area contributed by atoms with Gasteiger partial charge in [0.25, 0.3) is 5.91 Å². The molecule has 7 heteroatoms. The Bertz CT molecular complexity index is 888. The van der Waals surface area contributed by atoms with Crippen LogP contribution in [0.25, 0.3) is 0 Å². The molecule has 1 amide bonds. The summed E-state index contributed by atoms with van der Waals surface area (Å²) in [5.74, 6) is 0.0613. The second-order valence-corrected chi connectivity index (χ2v) is 7.68. The first-order chi connectivity index (χ1) is 13.3. The summed E-state index contributed by atoms with van der Waals surface area (Å²) in [5.41, 5.74) is 3.42. The molecule has 0 saturated heterocycles. The normalized spacial score (nSPS) is 16.9. The number of esters is 1. The van der Waals surface area contributed by atoms with Gasteiger partial charge in [-0.3, -0.25) is 4.79 Å². The smallest absolute Gasteiger partial charge is 0.341 e. The maximum absolute atomic E-state index is 12.8. The standard InChI is InChI=1S/C21H28N4O3/c1-12(2)25-18(7-9-23-25)24-20(26)15(5)28-21(27)17-11-13(3)10-16-14(4)6-8-22-19(16)17/h7,9-12,14-15,22H,6,8H2,1-5H3,(H,24,26)/t14-,15+/m1/s1. The Morgan fingerprint density at radius 3 is 2.79 bits per heavy atom. The molecule has 3 rings (SSSR count). The van der Waals surface area contributed by atoms with E-state index in [-0.39, 0.29) is 6.04 Å². The van der Waals surface area contributed by atoms with Crippen LogP contribution in [0.5, 0.6) is 0 Å². The summed E-state index contributed by atoms with van der Waals surface area (Å²) < 4.78 is 7.19. The van der Waals surface area contributed by atoms with E-state index in [2.05, 4.69) is 28.7 Å². The number of rotatable bonds is 5. The molecule has 1 aliphatic heterocycles. The zero-order valence-electron chi connectivity index (χ0n) is 17.1. The van der Waals surface area contributed by atoms with Crippen LogP contribution in [0, 0.1) is 6.92 Å². The number of hydrogen-bond acceptors (Lipinski definition) is 5. The Morgan fingerprint density at radius 1 is 1.32 bits per heavy atom. The molecule has 0 unspecified atom stereocenters. The van der Waals surface area contributed by atoms with E-state index < -0.39 is 18.0 Å². The first kappa shape index (κ1) is 19.9. The number of amides is 1. The van der Waals surface area contributed by atoms with Crippen LogP contribution in [0.4, 0.5) is 11.5 Å². The third kappa shape index (κ3) is 4.03. The van der Waals surface area contributed by atoms with Crippen LogP contribution in [0.3, 0.4) is 0 Å². The molecule has 0 radical (unpaired) electrons. The van der Waals surface area contributed by atoms with Crippen LogP contribution < -0.4 is 10.6 Å². The molecule has 7 nitrogen and oxygen atoms in total. The number of nitrogens with zero attached hydrogens (tertiary/aromatic N) is 2. The van der Waals surface area contributed by atoms with Crippen molar-refractivity contribution in [2.45, 2.75) is 59.1 Å². The first-order valence-corrected chi connectivity index (χ1v) is 9.71. The van der Waals surface area contributed by atoms with E-state index >= 15 is 0 Å². The monoisotopic (exact) mass is 384 g/mol. The van der Waals surface area contributed by atoms with Crippen molar-refractivity contribution in [3.63, 3.8) is 0 Å². The third-order valence-electron chi connectivity index (χ3n) is 5.01. The highest BCUT2D eigenvalue weighted by Gasteiger charge is 2.26. The van der Waals surface area contributed by atoms with Crippen molar-refractivity contribution in [2.75, 3.05) is 17.2 Å². The van der Waals surface area contributed by atoms with Crippen LogP contribution >= 0.6 is 0 Å². The second-order valence-electron chi connectivity index (χ2n) is 7.68. The molecule has 2 heterocycles. The number of aryl methyl sites for hydroxylation is 1. The van der Waals surface area contributed by atoms with Gasteiger partial charge in [0.15, 0.2) is 6.10 Å². The van der Waals surface area contributed by atoms with Gasteiger partial charge in [-0.25, -0.2) is 9.48 Å². The van der Waals surface area contributed by atoms with Gasteiger partial charge >= 0.3 is 5.97 Å². The van der Waals surface area contributed by atoms with Crippen LogP contribution in [0.15, 0.2) is 24.4 Å². The minimum Gasteiger partial charge on any atom is -0.449 e. The van der Waals surface area contributed by atoms with E-state index in [1.54, 1.807) is 23.9 Å². The molecule has 0 spiro atoms. The molecule has 0 bridgehead atoms. The number of anilines is 2. The highest BCUT2D eigenvalue weighted by atomic mass is 16.5. The van der Waals surface area contributed by atoms with E-state index in [9.17, 15) is 9.59 Å². The van der Waals surface area contributed by atoms with Crippen molar-refractivity contribution in [1.82, 2.24) is 9.78 Å². The number of aromatic nitrogens is 2. The lowest BCUT2D eigenvalue weighted by atomic mass is 9.89. The molecular formula is C21H28N4O3. The Morgan fingerprint density at radius 2 is 2.07 bits per heavy atom. The zero-order valence-corrected chi connectivity index (χ0v) is 17.1. The average molecular weight is 384 g/mol. The number of carbonyl (C=O) groups is 2. The molecule has 2 aromatic rings. The van der Waals surface area contributed by atoms with E-state index in [0.29, 0.717) is 17.3 Å². The van der Waals surface area contributed by atoms with E-state index in [0.717, 1.165) is 29.8 Å². The van der Waals surface area contributed by atoms with E-state index in [1.807, 2.05) is 26.8 Å². The van der Waals surface area contributed by atoms with Gasteiger partial charge in [-0.05, 0) is 57.2 Å². The number of fused-ring (bicyclic) bond motifs is 1. The SMILES string of the molecule is Cc1cc(C(=O)O[C@@H](C)C(=O)Nc2ccnn2C(C)C)c2c(c1)[C@H](C)CCN2. The van der Waals surface area contributed by atoms with Gasteiger partial charge in [0.05, 0.1) is 17.4 Å². The Labute approximate surface area is 165 Å². The fourth-order valence-corrected chi connectivity index (χ4v) is 3.46. The molecule has 2 N–H and O–H groups in total. The summed E-state index contributed by atoms with van der Waals surface area (Å²) in [7, 11) is 0. The summed E-state index contributed by atoms with van der Waals surface area (Å²) >= 11 is 0. The van der Waals surface area contributed by atoms with Crippen molar-refractivity contribution in [1.29, 1.82) is 0 Å². The van der Waals surface area contributed by atoms with Crippen molar-refractivity contribution in [2.24, 2.45) is 0 Å². The summed E-state index contributed by atoms with van der Waals surface area (Å²) in [5, 5.41) is 10.3. The van der Waals surface area contributed by atoms with Gasteiger partial charge in [-0.15, -0.1) is 0 Å². The third-order valence-corrected chi connectivity index (χ3v) is 5.01. The predicted molar refractivity (Wildman–Crippen MR) is 109 cm³/mol. The molecule has 2 atom stereocenters. The highest BCUT2D eigenvalue weighted by Crippen LogP contribution is 2.35. The van der Waals surface area contributed by atoms with Crippen molar-refractivity contribution in [3.05, 3.63) is 41.1 Å². The summed E-state index contributed by atoms with van der Waals surface area (Å²) in [6, 6.07) is 5.74. The number of nitrogens with one attached hydrogen (secondary N) is 2. The summed E-state index contributed by atoms with van der Waals surface area (Å²) in [6.45, 7) is 10.4. The fraction of sp³-hybridized carbons (Fsp3) is 0.476. The highest BCUT2D eigenvalue weighted by molar-refractivity contribution is 6.00. The van der Waals surface area contributed by atoms with Crippen LogP contribution in [0.1, 0.15) is 67.6 Å². The lowest BCUT2D eigenvalue weighted by molar-refractivity contribution is -0.123. The Hall–Kier alpha value is -2.83. The number of benzene rings is 1. The molecule has 1 aliphatic rings. The molecule has 0 aliphatic carbocycles. The number of hydrogen-bond donors (Lipinski definition) is 2. The fourth-order valence-electron chi connectivity index (χ4n) is 3.46. The largest absolute Gasteiger partial charge is 0.449 e. The number of carbonyl (C=O) groups excluding carboxylic acids is 2. The average Bonchev–Trinajstić information content (AvgIpc) is 3.10. The van der Waals surface area contributed by atoms with Crippen LogP contribution in [-0.4, -0.2) is 34.3 Å². The van der Waals surface area contributed by atoms with Gasteiger partial charge in [0.1, 0.15) is 5.82 Å². The maximum Gasteiger partial charge on any atom is 0.341 e. The minimum atomic E-state index is -0.930. The molecule has 0 fully saturated rings. The van der Waals surface area contributed by atoms with Gasteiger partial charge in [-0.1, -0.05) is 13.0 Å². The Balaban J connectivity index is 1.74. The van der Waals surface area contributed by atoms with Gasteiger partial charge in [-0.2, -0.15) is 5.10 Å². The van der Waals surface area contributed by atoms with E-state index in [4.69, 9.17) is 4.74 Å². The molecule has 1 aromatic carbocycles. The van der Waals surface area contributed by atoms with Gasteiger partial charge < -0.3 is 15.4 Å². The summed E-state index contributed by atoms with van der Waals surface area (Å²) in [4.78, 5) is 25.3. The van der Waals surface area contributed by atoms with Crippen LogP contribution in [-0.2, 0) is 9.53 Å². The molecule has 1 aromatic heterocycles. The molecule has 150 valence electrons. The predicted octanol–water partition coefficient (Wildman–Crippen LogP) is 3.88. The summed E-state index contributed by atoms with van der Waals surface area (Å²) in [6.07, 6.45) is 1.71. The minimum absolute atomic E-state index is 0.107. The zero-order chi connectivity index (χ0) is 20.4.